The lowest BCUT2D eigenvalue weighted by atomic mass is 9.94. The van der Waals surface area contributed by atoms with Gasteiger partial charge in [0.2, 0.25) is 5.91 Å². The molecule has 0 spiro atoms. The number of nitrogens with zero attached hydrogens (tertiary/aromatic N) is 3. The number of hydrogen-bond acceptors (Lipinski definition) is 4. The summed E-state index contributed by atoms with van der Waals surface area (Å²) in [5.74, 6) is 0.651. The molecule has 8 heteroatoms. The maximum atomic E-state index is 11.4. The molecule has 1 aliphatic rings. The number of nitrogens with one attached hydrogen (secondary N) is 2. The smallest absolute Gasteiger partial charge is 0.240 e. The number of carbonyl (C=O) groups is 1. The number of hydrogen-bond donors (Lipinski definition) is 2. The van der Waals surface area contributed by atoms with Crippen LogP contribution in [0, 0.1) is 5.92 Å². The van der Waals surface area contributed by atoms with Crippen molar-refractivity contribution in [3.63, 3.8) is 0 Å². The van der Waals surface area contributed by atoms with Gasteiger partial charge in [-0.05, 0) is 24.3 Å². The minimum atomic E-state index is -0.0640. The number of pyridine rings is 1. The van der Waals surface area contributed by atoms with Crippen LogP contribution in [0.1, 0.15) is 18.9 Å². The Balaban J connectivity index is 1.76. The number of hydrazone groups is 1. The van der Waals surface area contributed by atoms with E-state index in [2.05, 4.69) is 25.5 Å². The van der Waals surface area contributed by atoms with Crippen LogP contribution in [0.4, 0.5) is 0 Å². The van der Waals surface area contributed by atoms with Crippen molar-refractivity contribution in [2.75, 3.05) is 0 Å². The molecule has 2 aromatic heterocycles. The van der Waals surface area contributed by atoms with Crippen molar-refractivity contribution in [2.45, 2.75) is 13.3 Å². The topological polar surface area (TPSA) is 83.0 Å². The number of imidazole rings is 1. The number of aromatic nitrogens is 3. The molecular formula is C17H13Cl2N5O. The first-order valence-electron chi connectivity index (χ1n) is 7.69. The number of benzene rings is 1. The third kappa shape index (κ3) is 3.10. The summed E-state index contributed by atoms with van der Waals surface area (Å²) >= 11 is 11.9. The first-order valence-corrected chi connectivity index (χ1v) is 8.45. The van der Waals surface area contributed by atoms with E-state index in [1.54, 1.807) is 12.1 Å². The summed E-state index contributed by atoms with van der Waals surface area (Å²) in [4.78, 5) is 23.2. The quantitative estimate of drug-likeness (QED) is 0.670. The van der Waals surface area contributed by atoms with E-state index in [0.717, 1.165) is 27.9 Å². The van der Waals surface area contributed by atoms with Crippen molar-refractivity contribution in [1.29, 1.82) is 0 Å². The van der Waals surface area contributed by atoms with Crippen LogP contribution in [0.3, 0.4) is 0 Å². The van der Waals surface area contributed by atoms with E-state index in [9.17, 15) is 4.79 Å². The largest absolute Gasteiger partial charge is 0.338 e. The van der Waals surface area contributed by atoms with Crippen LogP contribution in [0.5, 0.6) is 0 Å². The van der Waals surface area contributed by atoms with Crippen molar-refractivity contribution in [1.82, 2.24) is 20.4 Å². The summed E-state index contributed by atoms with van der Waals surface area (Å²) in [6.45, 7) is 1.98. The van der Waals surface area contributed by atoms with E-state index in [0.29, 0.717) is 22.6 Å². The number of halogens is 2. The molecule has 4 rings (SSSR count). The fourth-order valence-corrected chi connectivity index (χ4v) is 3.37. The Labute approximate surface area is 153 Å². The van der Waals surface area contributed by atoms with Crippen molar-refractivity contribution in [2.24, 2.45) is 11.0 Å². The maximum Gasteiger partial charge on any atom is 0.240 e. The first-order chi connectivity index (χ1) is 12.0. The lowest BCUT2D eigenvalue weighted by molar-refractivity contribution is -0.121. The van der Waals surface area contributed by atoms with Crippen LogP contribution >= 0.6 is 23.2 Å². The van der Waals surface area contributed by atoms with Gasteiger partial charge in [0.05, 0.1) is 16.7 Å². The van der Waals surface area contributed by atoms with Gasteiger partial charge in [-0.25, -0.2) is 15.4 Å². The Morgan fingerprint density at radius 3 is 2.56 bits per heavy atom. The van der Waals surface area contributed by atoms with Gasteiger partial charge in [0.25, 0.3) is 0 Å². The fraction of sp³-hybridized carbons (Fsp3) is 0.176. The monoisotopic (exact) mass is 373 g/mol. The van der Waals surface area contributed by atoms with Crippen LogP contribution in [-0.2, 0) is 4.79 Å². The van der Waals surface area contributed by atoms with Crippen LogP contribution in [0.15, 0.2) is 35.4 Å². The highest BCUT2D eigenvalue weighted by Gasteiger charge is 2.22. The third-order valence-corrected chi connectivity index (χ3v) is 4.46. The predicted octanol–water partition coefficient (Wildman–Crippen LogP) is 3.79. The summed E-state index contributed by atoms with van der Waals surface area (Å²) in [5, 5.41) is 4.81. The second-order valence-corrected chi connectivity index (χ2v) is 6.73. The minimum absolute atomic E-state index is 0.0578. The second-order valence-electron chi connectivity index (χ2n) is 5.96. The predicted molar refractivity (Wildman–Crippen MR) is 97.8 cm³/mol. The molecule has 6 nitrogen and oxygen atoms in total. The van der Waals surface area contributed by atoms with Gasteiger partial charge < -0.3 is 4.98 Å². The van der Waals surface area contributed by atoms with E-state index >= 15 is 0 Å². The molecule has 0 bridgehead atoms. The van der Waals surface area contributed by atoms with E-state index in [1.165, 1.54) is 0 Å². The molecule has 0 radical (unpaired) electrons. The van der Waals surface area contributed by atoms with Crippen LogP contribution in [-0.4, -0.2) is 26.6 Å². The fourth-order valence-electron chi connectivity index (χ4n) is 2.91. The van der Waals surface area contributed by atoms with Gasteiger partial charge in [0.1, 0.15) is 16.1 Å². The van der Waals surface area contributed by atoms with Crippen LogP contribution in [0.2, 0.25) is 10.3 Å². The summed E-state index contributed by atoms with van der Waals surface area (Å²) < 4.78 is 0. The molecule has 3 heterocycles. The highest BCUT2D eigenvalue weighted by atomic mass is 35.5. The highest BCUT2D eigenvalue weighted by molar-refractivity contribution is 6.32. The molecular weight excluding hydrogens is 361 g/mol. The second kappa shape index (κ2) is 6.13. The number of aromatic amines is 1. The molecule has 1 atom stereocenters. The summed E-state index contributed by atoms with van der Waals surface area (Å²) in [6, 6.07) is 9.26. The van der Waals surface area contributed by atoms with Gasteiger partial charge in [-0.1, -0.05) is 36.2 Å². The molecule has 0 fully saturated rings. The highest BCUT2D eigenvalue weighted by Crippen LogP contribution is 2.26. The number of amides is 1. The van der Waals surface area contributed by atoms with Gasteiger partial charge in [-0.3, -0.25) is 4.79 Å². The van der Waals surface area contributed by atoms with Gasteiger partial charge in [0, 0.05) is 23.5 Å². The molecule has 0 saturated heterocycles. The normalized spacial score (nSPS) is 17.5. The van der Waals surface area contributed by atoms with Crippen LogP contribution < -0.4 is 5.43 Å². The molecule has 0 aliphatic carbocycles. The molecule has 1 aromatic carbocycles. The number of carbonyl (C=O) groups excluding carboxylic acids is 1. The lowest BCUT2D eigenvalue weighted by Gasteiger charge is -2.18. The Hall–Kier alpha value is -2.44. The molecule has 25 heavy (non-hydrogen) atoms. The maximum absolute atomic E-state index is 11.4. The SMILES string of the molecule is CC1CC(=O)NN=C1c1ccc2[nH]c(-c3cc(Cl)nc(Cl)c3)nc2c1. The molecule has 126 valence electrons. The van der Waals surface area contributed by atoms with Crippen molar-refractivity contribution in [3.05, 3.63) is 46.2 Å². The molecule has 3 aromatic rings. The zero-order valence-corrected chi connectivity index (χ0v) is 14.7. The van der Waals surface area contributed by atoms with E-state index < -0.39 is 0 Å². The number of rotatable bonds is 2. The van der Waals surface area contributed by atoms with E-state index in [1.807, 2.05) is 25.1 Å². The van der Waals surface area contributed by atoms with Crippen LogP contribution in [0.25, 0.3) is 22.4 Å². The van der Waals surface area contributed by atoms with Gasteiger partial charge in [-0.15, -0.1) is 0 Å². The standard InChI is InChI=1S/C17H13Cl2N5O/c1-8-4-15(25)23-24-16(8)9-2-3-11-12(5-9)21-17(20-11)10-6-13(18)22-14(19)7-10/h2-3,5-8H,4H2,1H3,(H,20,21)(H,23,25). The third-order valence-electron chi connectivity index (χ3n) is 4.07. The van der Waals surface area contributed by atoms with Gasteiger partial charge >= 0.3 is 0 Å². The summed E-state index contributed by atoms with van der Waals surface area (Å²) in [5.41, 5.74) is 6.76. The average Bonchev–Trinajstić information content (AvgIpc) is 2.97. The Bertz CT molecular complexity index is 1010. The van der Waals surface area contributed by atoms with Gasteiger partial charge in [-0.2, -0.15) is 5.10 Å². The summed E-state index contributed by atoms with van der Waals surface area (Å²) in [6.07, 6.45) is 0.427. The zero-order chi connectivity index (χ0) is 17.6. The van der Waals surface area contributed by atoms with Gasteiger partial charge in [0.15, 0.2) is 0 Å². The molecule has 2 N–H and O–H groups in total. The first kappa shape index (κ1) is 16.1. The molecule has 0 saturated carbocycles. The number of H-pyrrole nitrogens is 1. The lowest BCUT2D eigenvalue weighted by Crippen LogP contribution is -2.31. The molecule has 1 aliphatic heterocycles. The number of fused-ring (bicyclic) bond motifs is 1. The molecule has 1 unspecified atom stereocenters. The van der Waals surface area contributed by atoms with E-state index in [-0.39, 0.29) is 11.8 Å². The molecule has 1 amide bonds. The summed E-state index contributed by atoms with van der Waals surface area (Å²) in [7, 11) is 0. The minimum Gasteiger partial charge on any atom is -0.338 e. The average molecular weight is 374 g/mol. The Morgan fingerprint density at radius 1 is 1.08 bits per heavy atom. The van der Waals surface area contributed by atoms with Crippen molar-refractivity contribution >= 4 is 45.9 Å². The van der Waals surface area contributed by atoms with Crippen molar-refractivity contribution < 1.29 is 4.79 Å². The van der Waals surface area contributed by atoms with E-state index in [4.69, 9.17) is 23.2 Å². The van der Waals surface area contributed by atoms with Crippen molar-refractivity contribution in [3.8, 4) is 11.4 Å². The zero-order valence-electron chi connectivity index (χ0n) is 13.2. The Morgan fingerprint density at radius 2 is 1.84 bits per heavy atom. The Kier molecular flexibility index (Phi) is 3.94.